The molecule has 0 rings (SSSR count). The summed E-state index contributed by atoms with van der Waals surface area (Å²) in [6.07, 6.45) is 2.04. The van der Waals surface area contributed by atoms with Crippen LogP contribution in [-0.4, -0.2) is 23.1 Å². The van der Waals surface area contributed by atoms with Crippen molar-refractivity contribution in [3.05, 3.63) is 0 Å². The van der Waals surface area contributed by atoms with Crippen LogP contribution in [0.25, 0.3) is 0 Å². The van der Waals surface area contributed by atoms with Crippen LogP contribution in [0.4, 0.5) is 4.79 Å². The first-order valence-electron chi connectivity index (χ1n) is 2.63. The van der Waals surface area contributed by atoms with Gasteiger partial charge >= 0.3 is 5.97 Å². The van der Waals surface area contributed by atoms with Crippen LogP contribution >= 0.6 is 11.6 Å². The molecular weight excluding hydrogens is 188 g/mol. The molecule has 0 spiro atoms. The predicted molar refractivity (Wildman–Crippen MR) is 37.9 cm³/mol. The molecule has 0 saturated carbocycles. The van der Waals surface area contributed by atoms with Gasteiger partial charge in [0.25, 0.3) is 0 Å². The van der Waals surface area contributed by atoms with Crippen molar-refractivity contribution in [2.45, 2.75) is 6.92 Å². The lowest BCUT2D eigenvalue weighted by Gasteiger charge is -1.85. The molecule has 0 aromatic carbocycles. The van der Waals surface area contributed by atoms with Gasteiger partial charge in [0.2, 0.25) is 0 Å². The Labute approximate surface area is 73.9 Å². The molecular formula is C6H6ClO5-. The average molecular weight is 194 g/mol. The lowest BCUT2D eigenvalue weighted by atomic mass is 10.7. The molecule has 0 fully saturated rings. The minimum absolute atomic E-state index is 0.616. The van der Waals surface area contributed by atoms with Crippen molar-refractivity contribution < 1.29 is 24.5 Å². The fourth-order valence-electron chi connectivity index (χ4n) is 0.140. The summed E-state index contributed by atoms with van der Waals surface area (Å²) in [7, 11) is 0. The van der Waals surface area contributed by atoms with E-state index in [4.69, 9.17) is 15.0 Å². The Kier molecular flexibility index (Phi) is 10.8. The first-order chi connectivity index (χ1) is 5.54. The summed E-state index contributed by atoms with van der Waals surface area (Å²) in [6, 6.07) is 0. The number of ether oxygens (including phenoxy) is 1. The molecule has 0 aliphatic carbocycles. The molecule has 0 amide bonds. The van der Waals surface area contributed by atoms with Gasteiger partial charge in [-0.1, -0.05) is 17.5 Å². The lowest BCUT2D eigenvalue weighted by Crippen LogP contribution is -2.11. The Balaban J connectivity index is 0. The number of carbonyl (C=O) groups excluding carboxylic acids is 2. The van der Waals surface area contributed by atoms with E-state index in [2.05, 4.69) is 22.3 Å². The monoisotopic (exact) mass is 193 g/mol. The van der Waals surface area contributed by atoms with Gasteiger partial charge in [-0.25, -0.2) is 4.79 Å². The maximum absolute atomic E-state index is 10.00. The van der Waals surface area contributed by atoms with Crippen molar-refractivity contribution in [2.75, 3.05) is 6.61 Å². The van der Waals surface area contributed by atoms with Crippen LogP contribution in [0.3, 0.4) is 0 Å². The number of carbonyl (C=O) groups is 2. The molecule has 0 unspecified atom stereocenters. The molecule has 0 heterocycles. The van der Waals surface area contributed by atoms with E-state index in [-0.39, 0.29) is 0 Å². The zero-order chi connectivity index (χ0) is 9.98. The topological polar surface area (TPSA) is 86.7 Å². The van der Waals surface area contributed by atoms with E-state index in [1.54, 1.807) is 0 Å². The number of aliphatic hydroxyl groups excluding tert-OH is 1. The molecule has 12 heavy (non-hydrogen) atoms. The van der Waals surface area contributed by atoms with Gasteiger partial charge in [-0.15, -0.1) is 0 Å². The number of carboxylic acid groups (broad SMARTS) is 1. The Morgan fingerprint density at radius 3 is 2.33 bits per heavy atom. The summed E-state index contributed by atoms with van der Waals surface area (Å²) in [4.78, 5) is 18.7. The van der Waals surface area contributed by atoms with Crippen LogP contribution in [-0.2, 0) is 9.53 Å². The van der Waals surface area contributed by atoms with Crippen LogP contribution in [0.1, 0.15) is 6.92 Å². The van der Waals surface area contributed by atoms with E-state index in [1.165, 1.54) is 6.92 Å². The molecule has 0 aliphatic rings. The summed E-state index contributed by atoms with van der Waals surface area (Å²) in [5.41, 5.74) is -1.61. The number of hydrogen-bond acceptors (Lipinski definition) is 5. The van der Waals surface area contributed by atoms with Crippen molar-refractivity contribution in [3.63, 3.8) is 0 Å². The van der Waals surface area contributed by atoms with Gasteiger partial charge in [-0.3, -0.25) is 0 Å². The van der Waals surface area contributed by atoms with Crippen LogP contribution in [0.2, 0.25) is 0 Å². The van der Waals surface area contributed by atoms with E-state index in [0.29, 0.717) is 0 Å². The molecule has 68 valence electrons. The van der Waals surface area contributed by atoms with Crippen LogP contribution in [0, 0.1) is 12.0 Å². The van der Waals surface area contributed by atoms with Gasteiger partial charge in [0.05, 0.1) is 0 Å². The quantitative estimate of drug-likeness (QED) is 0.330. The average Bonchev–Trinajstić information content (AvgIpc) is 1.99. The molecule has 1 N–H and O–H groups in total. The van der Waals surface area contributed by atoms with E-state index in [1.807, 2.05) is 6.11 Å². The summed E-state index contributed by atoms with van der Waals surface area (Å²) in [5.74, 6) is 1.61. The van der Waals surface area contributed by atoms with E-state index >= 15 is 0 Å². The number of esters is 1. The summed E-state index contributed by atoms with van der Waals surface area (Å²) in [6.45, 7) is 0.916. The van der Waals surface area contributed by atoms with Gasteiger partial charge < -0.3 is 19.7 Å². The van der Waals surface area contributed by atoms with Crippen LogP contribution < -0.4 is 5.11 Å². The Morgan fingerprint density at radius 1 is 1.67 bits per heavy atom. The summed E-state index contributed by atoms with van der Waals surface area (Å²) < 4.78 is 4.09. The minimum Gasteiger partial charge on any atom is -0.534 e. The highest BCUT2D eigenvalue weighted by Crippen LogP contribution is 1.69. The van der Waals surface area contributed by atoms with Crippen molar-refractivity contribution in [3.8, 4) is 12.0 Å². The van der Waals surface area contributed by atoms with Crippen molar-refractivity contribution in [2.24, 2.45) is 0 Å². The van der Waals surface area contributed by atoms with Crippen molar-refractivity contribution in [1.82, 2.24) is 0 Å². The molecule has 6 heteroatoms. The molecule has 5 nitrogen and oxygen atoms in total. The third-order valence-corrected chi connectivity index (χ3v) is 0.396. The zero-order valence-electron chi connectivity index (χ0n) is 6.17. The highest BCUT2D eigenvalue weighted by atomic mass is 35.5. The normalized spacial score (nSPS) is 6.58. The Morgan fingerprint density at radius 2 is 2.08 bits per heavy atom. The molecule has 0 saturated heterocycles. The van der Waals surface area contributed by atoms with Crippen molar-refractivity contribution in [1.29, 1.82) is 0 Å². The molecule has 0 atom stereocenters. The minimum atomic E-state index is -1.61. The maximum Gasteiger partial charge on any atom is 0.345 e. The highest BCUT2D eigenvalue weighted by molar-refractivity contribution is 6.59. The third kappa shape index (κ3) is 23.3. The fraction of sp³-hybridized carbons (Fsp3) is 0.333. The first-order valence-corrected chi connectivity index (χ1v) is 3.01. The smallest absolute Gasteiger partial charge is 0.345 e. The zero-order valence-corrected chi connectivity index (χ0v) is 6.92. The number of aliphatic hydroxyl groups is 1. The van der Waals surface area contributed by atoms with Gasteiger partial charge in [-0.2, -0.15) is 0 Å². The van der Waals surface area contributed by atoms with Gasteiger partial charge in [0, 0.05) is 6.92 Å². The summed E-state index contributed by atoms with van der Waals surface area (Å²) >= 11 is 4.08. The van der Waals surface area contributed by atoms with Crippen LogP contribution in [0.15, 0.2) is 0 Å². The van der Waals surface area contributed by atoms with Crippen molar-refractivity contribution >= 4 is 23.0 Å². The second-order valence-electron chi connectivity index (χ2n) is 1.22. The van der Waals surface area contributed by atoms with E-state index in [9.17, 15) is 4.79 Å². The Bertz CT molecular complexity index is 198. The molecule has 0 bridgehead atoms. The maximum atomic E-state index is 10.00. The second kappa shape index (κ2) is 9.75. The number of halogens is 1. The Hall–Kier alpha value is -1.25. The lowest BCUT2D eigenvalue weighted by molar-refractivity contribution is -0.233. The SMILES string of the molecule is CC#COC(=O)CO.O=C([O-])Cl. The van der Waals surface area contributed by atoms with Crippen LogP contribution in [0.5, 0.6) is 0 Å². The standard InChI is InChI=1S/C5H6O3.CHClO2/c1-2-3-8-5(7)4-6;2-1(3)4/h6H,4H2,1H3;(H,3,4)/p-1. The molecule has 0 aromatic heterocycles. The second-order valence-corrected chi connectivity index (χ2v) is 1.53. The summed E-state index contributed by atoms with van der Waals surface area (Å²) in [5, 5.41) is 16.7. The van der Waals surface area contributed by atoms with E-state index < -0.39 is 18.0 Å². The molecule has 0 radical (unpaired) electrons. The fourth-order valence-corrected chi connectivity index (χ4v) is 0.140. The predicted octanol–water partition coefficient (Wildman–Crippen LogP) is -0.929. The largest absolute Gasteiger partial charge is 0.534 e. The number of hydrogen-bond donors (Lipinski definition) is 1. The van der Waals surface area contributed by atoms with Gasteiger partial charge in [0.15, 0.2) is 0 Å². The van der Waals surface area contributed by atoms with Gasteiger partial charge in [-0.05, 0) is 0 Å². The third-order valence-electron chi connectivity index (χ3n) is 0.396. The molecule has 0 aromatic rings. The first kappa shape index (κ1) is 13.3. The van der Waals surface area contributed by atoms with Gasteiger partial charge in [0.1, 0.15) is 18.1 Å². The number of rotatable bonds is 1. The van der Waals surface area contributed by atoms with E-state index in [0.717, 1.165) is 0 Å². The highest BCUT2D eigenvalue weighted by Gasteiger charge is 1.92. The molecule has 0 aliphatic heterocycles.